The number of nitrogens with one attached hydrogen (secondary N) is 8. The molecule has 16 rings (SSSR count). The third-order valence-electron chi connectivity index (χ3n) is 20.5. The number of H-pyrrole nitrogens is 6. The van der Waals surface area contributed by atoms with Gasteiger partial charge in [0.05, 0.1) is 110 Å². The number of likely N-dealkylation sites (N-methyl/N-ethyl adjacent to an activating group) is 2. The summed E-state index contributed by atoms with van der Waals surface area (Å²) in [6.45, 7) is 37.1. The lowest BCUT2D eigenvalue weighted by Gasteiger charge is -2.41. The highest BCUT2D eigenvalue weighted by Gasteiger charge is 2.41. The van der Waals surface area contributed by atoms with Gasteiger partial charge in [0.25, 0.3) is 5.78 Å². The molecular formula is C90H116BrClIN21O8. The standard InChI is InChI=1S/C24H34N5O3.C17H21N3O2.C11H15N3.C11H11N3.C9H7N3.C7H6N2.C6H9BrO3.C5H12N2.ClH.HI/c1-16(2)32-22(30)18-14-28(23(31)27-10-12-29(5,6)13-11-27)15-24(3,4)19-17-8-7-9-25-21(17)26-20(18)19;1-10(2)22-16(21)12-8-18-9-17(3,4)13-11-6-5-7-19-15(11)20-14(12)13;2*1-11(2,7-12)9-6-14-10-8(9)4-3-5-13-10;10-4-3-7-6-12-9-8(7)2-1-5-11-9;1-2-6-3-5-9-7(6)8-4-1;1-4(2)10-6(9)5(8)3-7;1-7-4-2-6-3-5-7;;/h7-9,14,16H,10-13,15H2,1-6H3,(H,25,26);5-8,10,18H,9H2,1-4H3,(H,19,20);3-6H,7,12H2,1-2H3,(H,13,14);3-6H,1-2H3,(H,13,14);1-2,5-6H,3H2,(H,11,12);1-5H,(H,8,9);4H,3H2,1-2H3;6H,2-5H2,1H3;2*1H/q+1;;;;;;;;;/p-1. The number of ether oxygens (including phenoxy) is 3. The van der Waals surface area contributed by atoms with Crippen molar-refractivity contribution >= 4 is 135 Å². The monoisotopic (exact) mass is 1860 g/mol. The Hall–Kier alpha value is -10.9. The van der Waals surface area contributed by atoms with E-state index in [1.165, 1.54) is 24.0 Å². The molecule has 2 amide bonds. The lowest BCUT2D eigenvalue weighted by atomic mass is 9.82. The molecule has 0 radical (unpaired) electrons. The van der Waals surface area contributed by atoms with Crippen LogP contribution in [-0.4, -0.2) is 225 Å². The smallest absolute Gasteiger partial charge is 0.375 e. The minimum atomic E-state index is -0.771. The van der Waals surface area contributed by atoms with Crippen LogP contribution >= 0.6 is 28.3 Å². The molecule has 16 heterocycles. The molecule has 29 nitrogen and oxygen atoms in total. The number of ketones is 1. The fraction of sp³-hybridized carbons (Fsp3) is 0.411. The van der Waals surface area contributed by atoms with Gasteiger partial charge in [0.2, 0.25) is 0 Å². The first-order valence-electron chi connectivity index (χ1n) is 40.3. The molecule has 0 atom stereocenters. The number of quaternary nitrogens is 1. The predicted octanol–water partition coefficient (Wildman–Crippen LogP) is 10.9. The largest absolute Gasteiger partial charge is 1.00 e. The van der Waals surface area contributed by atoms with Crippen molar-refractivity contribution in [2.45, 2.75) is 143 Å². The first-order valence-corrected chi connectivity index (χ1v) is 41.4. The molecule has 10 N–H and O–H groups in total. The zero-order valence-electron chi connectivity index (χ0n) is 72.7. The van der Waals surface area contributed by atoms with Crippen molar-refractivity contribution in [2.75, 3.05) is 98.5 Å². The normalized spacial score (nSPS) is 15.0. The number of nitriles is 2. The average molecular weight is 1860 g/mol. The zero-order chi connectivity index (χ0) is 87.3. The summed E-state index contributed by atoms with van der Waals surface area (Å²) in [7, 11) is 6.52. The number of amides is 2. The van der Waals surface area contributed by atoms with Crippen LogP contribution < -0.4 is 40.3 Å². The zero-order valence-corrected chi connectivity index (χ0v) is 77.3. The number of pyridine rings is 6. The number of carbonyl (C=O) groups excluding carboxylic acids is 5. The van der Waals surface area contributed by atoms with Gasteiger partial charge in [-0.25, -0.2) is 49.1 Å². The molecule has 0 spiro atoms. The van der Waals surface area contributed by atoms with Gasteiger partial charge in [-0.2, -0.15) is 10.5 Å². The Morgan fingerprint density at radius 2 is 1.06 bits per heavy atom. The van der Waals surface area contributed by atoms with Crippen molar-refractivity contribution in [3.63, 3.8) is 0 Å². The van der Waals surface area contributed by atoms with E-state index in [0.29, 0.717) is 49.4 Å². The molecule has 0 bridgehead atoms. The van der Waals surface area contributed by atoms with E-state index in [-0.39, 0.29) is 82.9 Å². The number of aromatic nitrogens is 12. The first-order chi connectivity index (χ1) is 57.0. The van der Waals surface area contributed by atoms with E-state index in [4.69, 9.17) is 25.7 Å². The molecule has 2 fully saturated rings. The van der Waals surface area contributed by atoms with Gasteiger partial charge in [0, 0.05) is 169 Å². The fourth-order valence-corrected chi connectivity index (χ4v) is 14.2. The molecule has 4 aliphatic heterocycles. The first kappa shape index (κ1) is 98.2. The van der Waals surface area contributed by atoms with Gasteiger partial charge in [-0.3, -0.25) is 9.69 Å². The maximum Gasteiger partial charge on any atom is 0.375 e. The molecule has 650 valence electrons. The Morgan fingerprint density at radius 3 is 1.55 bits per heavy atom. The third-order valence-corrected chi connectivity index (χ3v) is 21.0. The topological polar surface area (TPSA) is 392 Å². The highest BCUT2D eigenvalue weighted by atomic mass is 127. The molecule has 0 saturated carbocycles. The van der Waals surface area contributed by atoms with Crippen LogP contribution in [-0.2, 0) is 61.5 Å². The molecule has 2 saturated heterocycles. The van der Waals surface area contributed by atoms with E-state index in [1.807, 2.05) is 144 Å². The molecule has 4 aliphatic rings. The van der Waals surface area contributed by atoms with Crippen LogP contribution in [0.3, 0.4) is 0 Å². The number of Topliss-reactive ketones (excluding diaryl/α,β-unsaturated/α-hetero) is 1. The van der Waals surface area contributed by atoms with Crippen molar-refractivity contribution in [1.29, 1.82) is 10.5 Å². The molecule has 32 heteroatoms. The summed E-state index contributed by atoms with van der Waals surface area (Å²) in [6.07, 6.45) is 21.3. The Bertz CT molecular complexity index is 5610. The Balaban J connectivity index is 0.000000201. The second kappa shape index (κ2) is 44.2. The molecule has 12 aromatic rings. The minimum absolute atomic E-state index is 0. The highest BCUT2D eigenvalue weighted by molar-refractivity contribution is 9.09. The SMILES string of the molecule is CC(C)(C#N)c1c[nH]c2ncccc12.CC(C)(CN)c1c[nH]c2ncccc12.CC(C)OC(=O)C(=O)CBr.CC(C)OC(=O)C1=CN(C(=O)N2CC[N+](C)(C)CC2)CC(C)(C)c2c1[nH]c1ncccc21.CC(C)OC(=O)C1=CNCC(C)(C)c2c1[nH]c1ncccc21.CN1CCNCC1.Cl.N#CCc1c[nH]c2ncccc12.[I-].c1cnc2[nH]ccc2c1. The van der Waals surface area contributed by atoms with Crippen molar-refractivity contribution in [2.24, 2.45) is 5.73 Å². The van der Waals surface area contributed by atoms with Crippen LogP contribution in [0, 0.1) is 22.7 Å². The van der Waals surface area contributed by atoms with Crippen LogP contribution in [0.1, 0.15) is 136 Å². The predicted molar refractivity (Wildman–Crippen MR) is 482 cm³/mol. The van der Waals surface area contributed by atoms with Crippen molar-refractivity contribution in [3.8, 4) is 12.1 Å². The Morgan fingerprint density at radius 1 is 0.598 bits per heavy atom. The minimum Gasteiger partial charge on any atom is -1.00 e. The van der Waals surface area contributed by atoms with E-state index in [1.54, 1.807) is 68.3 Å². The van der Waals surface area contributed by atoms with Crippen molar-refractivity contribution in [1.82, 2.24) is 85.1 Å². The number of urea groups is 1. The summed E-state index contributed by atoms with van der Waals surface area (Å²) in [6, 6.07) is 29.9. The summed E-state index contributed by atoms with van der Waals surface area (Å²) < 4.78 is 16.4. The quantitative estimate of drug-likeness (QED) is 0.0145. The van der Waals surface area contributed by atoms with E-state index in [9.17, 15) is 24.0 Å². The van der Waals surface area contributed by atoms with Gasteiger partial charge in [-0.1, -0.05) is 57.5 Å². The number of nitrogens with two attached hydrogens (primary N) is 1. The number of hydrogen-bond donors (Lipinski definition) is 9. The number of esters is 3. The van der Waals surface area contributed by atoms with Gasteiger partial charge in [-0.05, 0) is 169 Å². The number of piperazine rings is 2. The van der Waals surface area contributed by atoms with Crippen LogP contribution in [0.15, 0.2) is 153 Å². The molecular weight excluding hydrogens is 1750 g/mol. The summed E-state index contributed by atoms with van der Waals surface area (Å²) in [5.74, 6) is -2.09. The van der Waals surface area contributed by atoms with Crippen LogP contribution in [0.25, 0.3) is 77.3 Å². The van der Waals surface area contributed by atoms with Gasteiger partial charge in [-0.15, -0.1) is 12.4 Å². The average Bonchev–Trinajstić information content (AvgIpc) is 1.59. The molecule has 122 heavy (non-hydrogen) atoms. The van der Waals surface area contributed by atoms with E-state index < -0.39 is 28.6 Å². The highest BCUT2D eigenvalue weighted by Crippen LogP contribution is 2.42. The van der Waals surface area contributed by atoms with Crippen molar-refractivity contribution < 1.29 is 66.6 Å². The van der Waals surface area contributed by atoms with Gasteiger partial charge < -0.3 is 98.7 Å². The van der Waals surface area contributed by atoms with Crippen molar-refractivity contribution in [3.05, 3.63) is 192 Å². The Labute approximate surface area is 744 Å². The van der Waals surface area contributed by atoms with E-state index >= 15 is 0 Å². The van der Waals surface area contributed by atoms with Crippen LogP contribution in [0.4, 0.5) is 4.79 Å². The lowest BCUT2D eigenvalue weighted by molar-refractivity contribution is -0.894. The van der Waals surface area contributed by atoms with Gasteiger partial charge in [0.15, 0.2) is 0 Å². The number of rotatable bonds is 11. The fourth-order valence-electron chi connectivity index (χ4n) is 14.0. The van der Waals surface area contributed by atoms with Crippen LogP contribution in [0.5, 0.6) is 0 Å². The van der Waals surface area contributed by atoms with E-state index in [0.717, 1.165) is 126 Å². The van der Waals surface area contributed by atoms with Crippen LogP contribution in [0.2, 0.25) is 0 Å². The van der Waals surface area contributed by atoms with E-state index in [2.05, 4.69) is 177 Å². The lowest BCUT2D eigenvalue weighted by Crippen LogP contribution is -3.00. The second-order valence-corrected chi connectivity index (χ2v) is 34.1. The Kier molecular flexibility index (Phi) is 35.6. The number of hydrogen-bond acceptors (Lipinski definition) is 20. The molecule has 12 aromatic heterocycles. The number of nitrogens with zero attached hydrogens (tertiary/aromatic N) is 12. The summed E-state index contributed by atoms with van der Waals surface area (Å²) in [4.78, 5) is 111. The number of halogens is 3. The molecule has 0 unspecified atom stereocenters. The molecule has 0 aromatic carbocycles. The van der Waals surface area contributed by atoms with Gasteiger partial charge >= 0.3 is 23.9 Å². The summed E-state index contributed by atoms with van der Waals surface area (Å²) in [5.41, 5.74) is 17.6. The van der Waals surface area contributed by atoms with Gasteiger partial charge in [0.1, 0.15) is 33.9 Å². The maximum absolute atomic E-state index is 13.6. The number of alkyl halides is 1. The number of fused-ring (bicyclic) bond motifs is 10. The second-order valence-electron chi connectivity index (χ2n) is 33.5. The summed E-state index contributed by atoms with van der Waals surface area (Å²) in [5, 5.41) is 30.5. The molecule has 0 aliphatic carbocycles. The third kappa shape index (κ3) is 25.6. The number of aromatic amines is 6. The summed E-state index contributed by atoms with van der Waals surface area (Å²) >= 11 is 2.85. The maximum atomic E-state index is 13.6. The number of carbonyl (C=O) groups is 5.